The van der Waals surface area contributed by atoms with Gasteiger partial charge in [0, 0.05) is 12.1 Å². The lowest BCUT2D eigenvalue weighted by atomic mass is 9.90. The predicted octanol–water partition coefficient (Wildman–Crippen LogP) is 2.53. The fraction of sp³-hybridized carbons (Fsp3) is 0.647. The molecule has 0 amide bonds. The summed E-state index contributed by atoms with van der Waals surface area (Å²) in [6.45, 7) is 5.45. The van der Waals surface area contributed by atoms with Gasteiger partial charge < -0.3 is 15.6 Å². The summed E-state index contributed by atoms with van der Waals surface area (Å²) < 4.78 is 0. The van der Waals surface area contributed by atoms with E-state index in [1.54, 1.807) is 0 Å². The monoisotopic (exact) mass is 301 g/mol. The van der Waals surface area contributed by atoms with Crippen molar-refractivity contribution in [1.29, 1.82) is 0 Å². The number of imidazole rings is 1. The number of hydrogen-bond donors (Lipinski definition) is 3. The van der Waals surface area contributed by atoms with Gasteiger partial charge in [-0.2, -0.15) is 0 Å². The Morgan fingerprint density at radius 2 is 2.18 bits per heavy atom. The smallest absolute Gasteiger partial charge is 0.157 e. The molecule has 3 heterocycles. The Labute approximate surface area is 132 Å². The zero-order valence-electron chi connectivity index (χ0n) is 13.7. The van der Waals surface area contributed by atoms with Crippen LogP contribution in [0.2, 0.25) is 0 Å². The number of H-pyrrole nitrogens is 1. The summed E-state index contributed by atoms with van der Waals surface area (Å²) in [5.74, 6) is 2.18. The molecule has 1 aliphatic rings. The summed E-state index contributed by atoms with van der Waals surface area (Å²) in [7, 11) is 2.00. The summed E-state index contributed by atoms with van der Waals surface area (Å²) in [5, 5.41) is 6.67. The molecule has 5 nitrogen and oxygen atoms in total. The van der Waals surface area contributed by atoms with Crippen molar-refractivity contribution in [3.8, 4) is 0 Å². The second-order valence-electron chi connectivity index (χ2n) is 6.24. The van der Waals surface area contributed by atoms with Crippen LogP contribution in [0.15, 0.2) is 12.3 Å². The third-order valence-corrected chi connectivity index (χ3v) is 4.84. The highest BCUT2D eigenvalue weighted by Gasteiger charge is 2.21. The first-order valence-electron chi connectivity index (χ1n) is 8.53. The van der Waals surface area contributed by atoms with Crippen molar-refractivity contribution >= 4 is 11.2 Å². The van der Waals surface area contributed by atoms with Crippen LogP contribution >= 0.6 is 0 Å². The first kappa shape index (κ1) is 15.4. The zero-order chi connectivity index (χ0) is 15.4. The largest absolute Gasteiger partial charge is 0.326 e. The van der Waals surface area contributed by atoms with Crippen molar-refractivity contribution in [1.82, 2.24) is 25.6 Å². The van der Waals surface area contributed by atoms with Crippen molar-refractivity contribution in [2.45, 2.75) is 44.4 Å². The van der Waals surface area contributed by atoms with Gasteiger partial charge in [-0.1, -0.05) is 6.92 Å². The Morgan fingerprint density at radius 1 is 1.36 bits per heavy atom. The van der Waals surface area contributed by atoms with Crippen molar-refractivity contribution in [3.05, 3.63) is 23.7 Å². The minimum absolute atomic E-state index is 0.475. The molecule has 1 fully saturated rings. The standard InChI is InChI=1S/C17H27N5/c1-3-12(4-8-18-2)16-21-15-14(7-11-20-17(15)22-16)13-5-9-19-10-6-13/h7,11-13,18-19H,3-6,8-10H2,1-2H3,(H,20,21,22). The summed E-state index contributed by atoms with van der Waals surface area (Å²) in [6, 6.07) is 2.16. The molecule has 5 heteroatoms. The summed E-state index contributed by atoms with van der Waals surface area (Å²) in [6.07, 6.45) is 6.52. The molecule has 0 spiro atoms. The second-order valence-corrected chi connectivity index (χ2v) is 6.24. The Hall–Kier alpha value is -1.46. The first-order chi connectivity index (χ1) is 10.8. The Bertz CT molecular complexity index is 600. The number of nitrogens with one attached hydrogen (secondary N) is 3. The molecule has 22 heavy (non-hydrogen) atoms. The Morgan fingerprint density at radius 3 is 2.91 bits per heavy atom. The van der Waals surface area contributed by atoms with Gasteiger partial charge in [-0.15, -0.1) is 0 Å². The van der Waals surface area contributed by atoms with Crippen LogP contribution in [0.5, 0.6) is 0 Å². The molecule has 0 aliphatic carbocycles. The van der Waals surface area contributed by atoms with Gasteiger partial charge in [-0.05, 0) is 69.9 Å². The topological polar surface area (TPSA) is 65.6 Å². The van der Waals surface area contributed by atoms with E-state index in [2.05, 4.69) is 33.6 Å². The maximum atomic E-state index is 4.95. The van der Waals surface area contributed by atoms with E-state index in [-0.39, 0.29) is 0 Å². The number of hydrogen-bond acceptors (Lipinski definition) is 4. The van der Waals surface area contributed by atoms with Crippen LogP contribution in [0.3, 0.4) is 0 Å². The molecular formula is C17H27N5. The number of piperidine rings is 1. The number of nitrogens with zero attached hydrogens (tertiary/aromatic N) is 2. The first-order valence-corrected chi connectivity index (χ1v) is 8.53. The molecule has 0 radical (unpaired) electrons. The van der Waals surface area contributed by atoms with E-state index in [9.17, 15) is 0 Å². The molecule has 1 aliphatic heterocycles. The normalized spacial score (nSPS) is 17.9. The quantitative estimate of drug-likeness (QED) is 0.767. The minimum atomic E-state index is 0.475. The third-order valence-electron chi connectivity index (χ3n) is 4.84. The minimum Gasteiger partial charge on any atom is -0.326 e. The zero-order valence-corrected chi connectivity index (χ0v) is 13.7. The summed E-state index contributed by atoms with van der Waals surface area (Å²) in [4.78, 5) is 12.9. The number of fused-ring (bicyclic) bond motifs is 1. The van der Waals surface area contributed by atoms with Gasteiger partial charge in [0.1, 0.15) is 11.3 Å². The molecule has 0 aromatic carbocycles. The average Bonchev–Trinajstić information content (AvgIpc) is 3.00. The lowest BCUT2D eigenvalue weighted by Crippen LogP contribution is -2.26. The van der Waals surface area contributed by atoms with Gasteiger partial charge in [0.05, 0.1) is 0 Å². The fourth-order valence-corrected chi connectivity index (χ4v) is 3.46. The molecule has 3 N–H and O–H groups in total. The van der Waals surface area contributed by atoms with Crippen LogP contribution in [-0.2, 0) is 0 Å². The molecule has 1 atom stereocenters. The van der Waals surface area contributed by atoms with E-state index >= 15 is 0 Å². The predicted molar refractivity (Wildman–Crippen MR) is 90.3 cm³/mol. The molecule has 2 aromatic rings. The van der Waals surface area contributed by atoms with Crippen LogP contribution in [0.4, 0.5) is 0 Å². The molecule has 1 saturated heterocycles. The molecule has 1 unspecified atom stereocenters. The van der Waals surface area contributed by atoms with Crippen molar-refractivity contribution in [3.63, 3.8) is 0 Å². The highest BCUT2D eigenvalue weighted by atomic mass is 15.0. The number of pyridine rings is 1. The molecule has 0 saturated carbocycles. The Kier molecular flexibility index (Phi) is 5.05. The number of aromatic amines is 1. The maximum absolute atomic E-state index is 4.95. The SMILES string of the molecule is CCC(CCNC)c1nc2c(C3CCNCC3)ccnc2[nH]1. The van der Waals surface area contributed by atoms with Crippen LogP contribution < -0.4 is 10.6 Å². The van der Waals surface area contributed by atoms with Crippen LogP contribution in [0, 0.1) is 0 Å². The molecule has 0 bridgehead atoms. The van der Waals surface area contributed by atoms with Gasteiger partial charge in [0.25, 0.3) is 0 Å². The van der Waals surface area contributed by atoms with Gasteiger partial charge in [-0.3, -0.25) is 0 Å². The molecule has 2 aromatic heterocycles. The van der Waals surface area contributed by atoms with Gasteiger partial charge in [-0.25, -0.2) is 9.97 Å². The fourth-order valence-electron chi connectivity index (χ4n) is 3.46. The highest BCUT2D eigenvalue weighted by molar-refractivity contribution is 5.75. The Balaban J connectivity index is 1.91. The second kappa shape index (κ2) is 7.20. The molecular weight excluding hydrogens is 274 g/mol. The lowest BCUT2D eigenvalue weighted by Gasteiger charge is -2.22. The van der Waals surface area contributed by atoms with E-state index < -0.39 is 0 Å². The van der Waals surface area contributed by atoms with E-state index in [0.717, 1.165) is 49.5 Å². The van der Waals surface area contributed by atoms with E-state index in [0.29, 0.717) is 11.8 Å². The van der Waals surface area contributed by atoms with Crippen molar-refractivity contribution < 1.29 is 0 Å². The van der Waals surface area contributed by atoms with Gasteiger partial charge in [0.2, 0.25) is 0 Å². The van der Waals surface area contributed by atoms with Crippen LogP contribution in [0.25, 0.3) is 11.2 Å². The summed E-state index contributed by atoms with van der Waals surface area (Å²) >= 11 is 0. The third kappa shape index (κ3) is 3.15. The van der Waals surface area contributed by atoms with Crippen LogP contribution in [0.1, 0.15) is 55.8 Å². The van der Waals surface area contributed by atoms with E-state index in [1.165, 1.54) is 18.4 Å². The van der Waals surface area contributed by atoms with Crippen molar-refractivity contribution in [2.75, 3.05) is 26.7 Å². The van der Waals surface area contributed by atoms with Crippen molar-refractivity contribution in [2.24, 2.45) is 0 Å². The maximum Gasteiger partial charge on any atom is 0.157 e. The van der Waals surface area contributed by atoms with E-state index in [4.69, 9.17) is 4.98 Å². The number of rotatable bonds is 6. The average molecular weight is 301 g/mol. The highest BCUT2D eigenvalue weighted by Crippen LogP contribution is 2.31. The molecule has 120 valence electrons. The molecule has 3 rings (SSSR count). The van der Waals surface area contributed by atoms with Gasteiger partial charge >= 0.3 is 0 Å². The van der Waals surface area contributed by atoms with Crippen LogP contribution in [-0.4, -0.2) is 41.6 Å². The summed E-state index contributed by atoms with van der Waals surface area (Å²) in [5.41, 5.74) is 3.42. The van der Waals surface area contributed by atoms with E-state index in [1.807, 2.05) is 13.2 Å². The number of aromatic nitrogens is 3. The lowest BCUT2D eigenvalue weighted by molar-refractivity contribution is 0.462. The van der Waals surface area contributed by atoms with Gasteiger partial charge in [0.15, 0.2) is 5.65 Å².